The molecule has 7 aromatic rings. The Labute approximate surface area is 270 Å². The fourth-order valence-electron chi connectivity index (χ4n) is 11.5. The van der Waals surface area contributed by atoms with Crippen molar-refractivity contribution >= 4 is 32.3 Å². The normalized spacial score (nSPS) is 25.5. The molecule has 0 aliphatic heterocycles. The van der Waals surface area contributed by atoms with Crippen molar-refractivity contribution in [3.63, 3.8) is 0 Å². The van der Waals surface area contributed by atoms with Crippen LogP contribution in [0.25, 0.3) is 65.7 Å². The molecule has 0 amide bonds. The summed E-state index contributed by atoms with van der Waals surface area (Å²) < 4.78 is 0. The molecular weight excluding hydrogens is 553 g/mol. The molecule has 1 spiro atoms. The van der Waals surface area contributed by atoms with Crippen LogP contribution in [-0.2, 0) is 5.41 Å². The van der Waals surface area contributed by atoms with Crippen molar-refractivity contribution in [2.24, 2.45) is 23.7 Å². The van der Waals surface area contributed by atoms with E-state index >= 15 is 0 Å². The first kappa shape index (κ1) is 25.5. The van der Waals surface area contributed by atoms with Gasteiger partial charge in [0, 0.05) is 5.41 Å². The van der Waals surface area contributed by atoms with Gasteiger partial charge in [0.15, 0.2) is 0 Å². The van der Waals surface area contributed by atoms with E-state index in [0.29, 0.717) is 0 Å². The van der Waals surface area contributed by atoms with Crippen LogP contribution in [0.3, 0.4) is 0 Å². The van der Waals surface area contributed by atoms with Crippen LogP contribution in [0, 0.1) is 23.7 Å². The van der Waals surface area contributed by atoms with Crippen molar-refractivity contribution in [3.05, 3.63) is 145 Å². The third-order valence-electron chi connectivity index (χ3n) is 12.8. The Kier molecular flexibility index (Phi) is 5.10. The maximum absolute atomic E-state index is 2.54. The average Bonchev–Trinajstić information content (AvgIpc) is 3.40. The number of fused-ring (bicyclic) bond motifs is 6. The zero-order valence-electron chi connectivity index (χ0n) is 26.0. The van der Waals surface area contributed by atoms with E-state index in [4.69, 9.17) is 0 Å². The van der Waals surface area contributed by atoms with E-state index in [9.17, 15) is 0 Å². The van der Waals surface area contributed by atoms with Crippen molar-refractivity contribution in [2.45, 2.75) is 37.5 Å². The smallest absolute Gasteiger partial charge is 0.0272 e. The summed E-state index contributed by atoms with van der Waals surface area (Å²) in [6.45, 7) is 0. The van der Waals surface area contributed by atoms with Crippen molar-refractivity contribution in [1.29, 1.82) is 0 Å². The van der Waals surface area contributed by atoms with Crippen LogP contribution in [0.1, 0.15) is 43.2 Å². The van der Waals surface area contributed by atoms with Crippen LogP contribution >= 0.6 is 0 Å². The molecule has 0 atom stereocenters. The predicted octanol–water partition coefficient (Wildman–Crippen LogP) is 12.2. The van der Waals surface area contributed by atoms with Gasteiger partial charge >= 0.3 is 0 Å². The van der Waals surface area contributed by atoms with E-state index < -0.39 is 0 Å². The highest BCUT2D eigenvalue weighted by Gasteiger charge is 2.61. The molecule has 0 saturated heterocycles. The molecular formula is C46H36. The highest BCUT2D eigenvalue weighted by Crippen LogP contribution is 2.70. The van der Waals surface area contributed by atoms with E-state index in [1.165, 1.54) is 97.8 Å². The highest BCUT2D eigenvalue weighted by molar-refractivity contribution is 6.23. The van der Waals surface area contributed by atoms with Gasteiger partial charge in [-0.2, -0.15) is 0 Å². The van der Waals surface area contributed by atoms with Gasteiger partial charge in [0.05, 0.1) is 0 Å². The molecule has 220 valence electrons. The second kappa shape index (κ2) is 9.20. The standard InChI is InChI=1S/C46H36/c1-2-11-31-27-32(21-20-30(31)10-1)43-35-12-3-5-14-37(35)44(38-15-6-4-13-36(38)43)40-17-9-19-42-45(40)39-16-7-8-18-41(39)46(42)33-23-28-22-29(25-33)26-34(46)24-28/h1-21,27-29,33-34H,22-26H2. The molecule has 5 aliphatic rings. The predicted molar refractivity (Wildman–Crippen MR) is 193 cm³/mol. The lowest BCUT2D eigenvalue weighted by atomic mass is 9.43. The highest BCUT2D eigenvalue weighted by atomic mass is 14.6. The van der Waals surface area contributed by atoms with Gasteiger partial charge in [-0.3, -0.25) is 0 Å². The molecule has 0 heterocycles. The minimum Gasteiger partial charge on any atom is -0.0619 e. The van der Waals surface area contributed by atoms with Crippen molar-refractivity contribution in [1.82, 2.24) is 0 Å². The third kappa shape index (κ3) is 3.20. The average molecular weight is 589 g/mol. The molecule has 4 fully saturated rings. The first-order valence-electron chi connectivity index (χ1n) is 17.5. The largest absolute Gasteiger partial charge is 0.0619 e. The number of hydrogen-bond acceptors (Lipinski definition) is 0. The third-order valence-corrected chi connectivity index (χ3v) is 12.8. The van der Waals surface area contributed by atoms with Crippen LogP contribution in [0.5, 0.6) is 0 Å². The minimum absolute atomic E-state index is 0.173. The molecule has 0 nitrogen and oxygen atoms in total. The van der Waals surface area contributed by atoms with Crippen LogP contribution in [-0.4, -0.2) is 0 Å². The Balaban J connectivity index is 1.23. The van der Waals surface area contributed by atoms with Crippen LogP contribution in [0.2, 0.25) is 0 Å². The molecule has 0 heteroatoms. The second-order valence-corrected chi connectivity index (χ2v) is 14.9. The van der Waals surface area contributed by atoms with E-state index in [2.05, 4.69) is 133 Å². The summed E-state index contributed by atoms with van der Waals surface area (Å²) in [4.78, 5) is 0. The Hall–Kier alpha value is -4.68. The molecule has 5 aliphatic carbocycles. The maximum atomic E-state index is 2.54. The first-order valence-corrected chi connectivity index (χ1v) is 17.5. The Morgan fingerprint density at radius 2 is 0.935 bits per heavy atom. The molecule has 4 saturated carbocycles. The van der Waals surface area contributed by atoms with E-state index in [-0.39, 0.29) is 5.41 Å². The maximum Gasteiger partial charge on any atom is 0.0272 e. The summed E-state index contributed by atoms with van der Waals surface area (Å²) in [5, 5.41) is 7.94. The van der Waals surface area contributed by atoms with Crippen molar-refractivity contribution < 1.29 is 0 Å². The lowest BCUT2D eigenvalue weighted by molar-refractivity contribution is -0.0399. The number of benzene rings is 7. The summed E-state index contributed by atoms with van der Waals surface area (Å²) >= 11 is 0. The van der Waals surface area contributed by atoms with Crippen LogP contribution in [0.15, 0.2) is 133 Å². The quantitative estimate of drug-likeness (QED) is 0.176. The van der Waals surface area contributed by atoms with E-state index in [1.54, 1.807) is 11.1 Å². The van der Waals surface area contributed by atoms with Gasteiger partial charge in [0.2, 0.25) is 0 Å². The molecule has 0 N–H and O–H groups in total. The zero-order chi connectivity index (χ0) is 30.0. The summed E-state index contributed by atoms with van der Waals surface area (Å²) in [7, 11) is 0. The van der Waals surface area contributed by atoms with Crippen LogP contribution in [0.4, 0.5) is 0 Å². The molecule has 0 aromatic heterocycles. The van der Waals surface area contributed by atoms with Gasteiger partial charge in [0.1, 0.15) is 0 Å². The molecule has 4 bridgehead atoms. The van der Waals surface area contributed by atoms with Gasteiger partial charge in [-0.1, -0.05) is 127 Å². The van der Waals surface area contributed by atoms with Crippen LogP contribution < -0.4 is 0 Å². The summed E-state index contributed by atoms with van der Waals surface area (Å²) in [6.07, 6.45) is 7.14. The van der Waals surface area contributed by atoms with Crippen molar-refractivity contribution in [3.8, 4) is 33.4 Å². The number of rotatable bonds is 2. The molecule has 46 heavy (non-hydrogen) atoms. The molecule has 0 radical (unpaired) electrons. The van der Waals surface area contributed by atoms with Gasteiger partial charge < -0.3 is 0 Å². The Morgan fingerprint density at radius 3 is 1.63 bits per heavy atom. The molecule has 0 unspecified atom stereocenters. The Morgan fingerprint density at radius 1 is 0.391 bits per heavy atom. The van der Waals surface area contributed by atoms with E-state index in [1.807, 2.05) is 0 Å². The first-order chi connectivity index (χ1) is 22.8. The molecule has 7 aromatic carbocycles. The summed E-state index contributed by atoms with van der Waals surface area (Å²) in [6, 6.07) is 51.0. The van der Waals surface area contributed by atoms with Crippen molar-refractivity contribution in [2.75, 3.05) is 0 Å². The van der Waals surface area contributed by atoms with Gasteiger partial charge in [-0.15, -0.1) is 0 Å². The Bertz CT molecular complexity index is 2300. The monoisotopic (exact) mass is 588 g/mol. The summed E-state index contributed by atoms with van der Waals surface area (Å²) in [5.41, 5.74) is 11.9. The van der Waals surface area contributed by atoms with Gasteiger partial charge in [-0.25, -0.2) is 0 Å². The second-order valence-electron chi connectivity index (χ2n) is 14.9. The fraction of sp³-hybridized carbons (Fsp3) is 0.217. The van der Waals surface area contributed by atoms with Gasteiger partial charge in [0.25, 0.3) is 0 Å². The fourth-order valence-corrected chi connectivity index (χ4v) is 11.5. The topological polar surface area (TPSA) is 0 Å². The zero-order valence-corrected chi connectivity index (χ0v) is 26.0. The van der Waals surface area contributed by atoms with E-state index in [0.717, 1.165) is 23.7 Å². The lowest BCUT2D eigenvalue weighted by Crippen LogP contribution is -2.55. The molecule has 12 rings (SSSR count). The van der Waals surface area contributed by atoms with Gasteiger partial charge in [-0.05, 0) is 139 Å². The lowest BCUT2D eigenvalue weighted by Gasteiger charge is -2.61. The summed E-state index contributed by atoms with van der Waals surface area (Å²) in [5.74, 6) is 3.43. The SMILES string of the molecule is c1ccc2c(c1)-c1c(-c3c4ccccc4c(-c4ccc5ccccc5c4)c4ccccc34)cccc1C21C2CC3CC(C2)CC1C3. The number of hydrogen-bond donors (Lipinski definition) is 0. The minimum atomic E-state index is 0.173.